The summed E-state index contributed by atoms with van der Waals surface area (Å²) in [6.45, 7) is 6.31. The molecule has 0 aromatic carbocycles. The summed E-state index contributed by atoms with van der Waals surface area (Å²) >= 11 is 0. The molecule has 0 spiro atoms. The number of hydrogen-bond donors (Lipinski definition) is 3. The average molecular weight is 852 g/mol. The van der Waals surface area contributed by atoms with E-state index in [1.165, 1.54) is 96.3 Å². The molecule has 352 valence electrons. The Balaban J connectivity index is 4.68. The van der Waals surface area contributed by atoms with Gasteiger partial charge in [-0.15, -0.1) is 0 Å². The molecule has 0 aliphatic rings. The van der Waals surface area contributed by atoms with E-state index < -0.39 is 18.2 Å². The second-order valence-corrected chi connectivity index (χ2v) is 17.2. The molecule has 6 heteroatoms. The highest BCUT2D eigenvalue weighted by Crippen LogP contribution is 2.17. The summed E-state index contributed by atoms with van der Waals surface area (Å²) < 4.78 is 5.90. The van der Waals surface area contributed by atoms with Gasteiger partial charge in [-0.25, -0.2) is 0 Å². The summed E-state index contributed by atoms with van der Waals surface area (Å²) in [7, 11) is 0. The van der Waals surface area contributed by atoms with E-state index in [4.69, 9.17) is 4.74 Å². The number of nitrogens with one attached hydrogen (secondary N) is 1. The summed E-state index contributed by atoms with van der Waals surface area (Å²) in [5.74, 6) is -0.537. The number of hydrogen-bond acceptors (Lipinski definition) is 5. The van der Waals surface area contributed by atoms with Crippen LogP contribution in [0, 0.1) is 0 Å². The number of ether oxygens (including phenoxy) is 1. The topological polar surface area (TPSA) is 95.9 Å². The highest BCUT2D eigenvalue weighted by atomic mass is 16.5. The molecule has 3 N–H and O–H groups in total. The minimum Gasteiger partial charge on any atom is -0.462 e. The third-order valence-electron chi connectivity index (χ3n) is 11.3. The number of carbonyl (C=O) groups excluding carboxylic acids is 2. The van der Waals surface area contributed by atoms with Crippen LogP contribution >= 0.6 is 0 Å². The molecule has 0 heterocycles. The van der Waals surface area contributed by atoms with Gasteiger partial charge in [0.15, 0.2) is 0 Å². The lowest BCUT2D eigenvalue weighted by Crippen LogP contribution is -2.46. The Bertz CT molecular complexity index is 1140. The van der Waals surface area contributed by atoms with Gasteiger partial charge in [-0.3, -0.25) is 9.59 Å². The molecule has 0 aromatic heterocycles. The molecule has 3 atom stereocenters. The molecular formula is C55H97NO5. The first-order chi connectivity index (χ1) is 30.0. The van der Waals surface area contributed by atoms with Gasteiger partial charge < -0.3 is 20.3 Å². The summed E-state index contributed by atoms with van der Waals surface area (Å²) in [4.78, 5) is 26.1. The van der Waals surface area contributed by atoms with Gasteiger partial charge in [-0.05, 0) is 83.5 Å². The maximum Gasteiger partial charge on any atom is 0.306 e. The zero-order valence-electron chi connectivity index (χ0n) is 40.0. The predicted molar refractivity (Wildman–Crippen MR) is 264 cm³/mol. The second kappa shape index (κ2) is 48.3. The summed E-state index contributed by atoms with van der Waals surface area (Å²) in [5, 5.41) is 23.8. The minimum atomic E-state index is -0.804. The van der Waals surface area contributed by atoms with Gasteiger partial charge >= 0.3 is 5.97 Å². The highest BCUT2D eigenvalue weighted by Gasteiger charge is 2.24. The van der Waals surface area contributed by atoms with E-state index >= 15 is 0 Å². The third-order valence-corrected chi connectivity index (χ3v) is 11.3. The van der Waals surface area contributed by atoms with Gasteiger partial charge in [0.2, 0.25) is 5.91 Å². The molecule has 0 aliphatic carbocycles. The Morgan fingerprint density at radius 3 is 1.52 bits per heavy atom. The van der Waals surface area contributed by atoms with Crippen LogP contribution in [0.1, 0.15) is 239 Å². The number of esters is 1. The SMILES string of the molecule is CC/C=C/C=C/C=C\CCCCCCCC(=O)OC(CCCC/C=C\C/C=C\C/C=C\CCCCC)CC(=O)NC(CO)C(O)CCCCCCCCCCCCCCCC. The number of carbonyl (C=O) groups is 2. The van der Waals surface area contributed by atoms with E-state index in [0.29, 0.717) is 19.3 Å². The summed E-state index contributed by atoms with van der Waals surface area (Å²) in [5.41, 5.74) is 0. The lowest BCUT2D eigenvalue weighted by atomic mass is 10.0. The fourth-order valence-electron chi connectivity index (χ4n) is 7.44. The second-order valence-electron chi connectivity index (χ2n) is 17.2. The van der Waals surface area contributed by atoms with Crippen molar-refractivity contribution in [3.05, 3.63) is 72.9 Å². The molecule has 0 fully saturated rings. The molecule has 0 aromatic rings. The third kappa shape index (κ3) is 43.7. The van der Waals surface area contributed by atoms with Gasteiger partial charge in [0.25, 0.3) is 0 Å². The van der Waals surface area contributed by atoms with Crippen LogP contribution in [0.4, 0.5) is 0 Å². The van der Waals surface area contributed by atoms with Crippen molar-refractivity contribution in [1.82, 2.24) is 5.32 Å². The highest BCUT2D eigenvalue weighted by molar-refractivity contribution is 5.77. The number of aliphatic hydroxyl groups is 2. The van der Waals surface area contributed by atoms with Crippen LogP contribution in [0.3, 0.4) is 0 Å². The minimum absolute atomic E-state index is 0.0408. The van der Waals surface area contributed by atoms with E-state index in [9.17, 15) is 19.8 Å². The quantitative estimate of drug-likeness (QED) is 0.0245. The zero-order chi connectivity index (χ0) is 44.5. The Morgan fingerprint density at radius 2 is 0.951 bits per heavy atom. The molecule has 61 heavy (non-hydrogen) atoms. The van der Waals surface area contributed by atoms with Crippen molar-refractivity contribution in [1.29, 1.82) is 0 Å². The van der Waals surface area contributed by atoms with Gasteiger partial charge in [0.1, 0.15) is 6.10 Å². The molecule has 6 nitrogen and oxygen atoms in total. The largest absolute Gasteiger partial charge is 0.462 e. The van der Waals surface area contributed by atoms with Gasteiger partial charge in [-0.1, -0.05) is 216 Å². The summed E-state index contributed by atoms with van der Waals surface area (Å²) in [6, 6.07) is -0.721. The Hall–Kier alpha value is -2.70. The fraction of sp³-hybridized carbons (Fsp3) is 0.745. The first-order valence-electron chi connectivity index (χ1n) is 25.7. The number of allylic oxidation sites excluding steroid dienone is 12. The Kier molecular flexibility index (Phi) is 46.2. The predicted octanol–water partition coefficient (Wildman–Crippen LogP) is 15.4. The van der Waals surface area contributed by atoms with Crippen LogP contribution in [-0.4, -0.2) is 46.9 Å². The lowest BCUT2D eigenvalue weighted by Gasteiger charge is -2.24. The number of amides is 1. The maximum atomic E-state index is 13.2. The van der Waals surface area contributed by atoms with Crippen molar-refractivity contribution in [2.45, 2.75) is 257 Å². The average Bonchev–Trinajstić information content (AvgIpc) is 3.25. The molecular weight excluding hydrogens is 755 g/mol. The van der Waals surface area contributed by atoms with Crippen molar-refractivity contribution < 1.29 is 24.5 Å². The van der Waals surface area contributed by atoms with E-state index in [1.54, 1.807) is 0 Å². The Labute approximate surface area is 377 Å². The first kappa shape index (κ1) is 58.3. The lowest BCUT2D eigenvalue weighted by molar-refractivity contribution is -0.151. The van der Waals surface area contributed by atoms with E-state index in [-0.39, 0.29) is 24.9 Å². The number of aliphatic hydroxyl groups excluding tert-OH is 2. The molecule has 1 amide bonds. The normalized spacial score (nSPS) is 13.9. The Morgan fingerprint density at radius 1 is 0.508 bits per heavy atom. The maximum absolute atomic E-state index is 13.2. The van der Waals surface area contributed by atoms with Crippen LogP contribution < -0.4 is 5.32 Å². The van der Waals surface area contributed by atoms with Gasteiger partial charge in [-0.2, -0.15) is 0 Å². The molecule has 0 rings (SSSR count). The van der Waals surface area contributed by atoms with E-state index in [1.807, 2.05) is 0 Å². The fourth-order valence-corrected chi connectivity index (χ4v) is 7.44. The first-order valence-corrected chi connectivity index (χ1v) is 25.7. The van der Waals surface area contributed by atoms with Crippen LogP contribution in [-0.2, 0) is 14.3 Å². The van der Waals surface area contributed by atoms with Crippen molar-refractivity contribution in [3.8, 4) is 0 Å². The molecule has 3 unspecified atom stereocenters. The molecule has 0 bridgehead atoms. The molecule has 0 aliphatic heterocycles. The van der Waals surface area contributed by atoms with Crippen LogP contribution in [0.2, 0.25) is 0 Å². The molecule has 0 saturated carbocycles. The van der Waals surface area contributed by atoms with Crippen LogP contribution in [0.5, 0.6) is 0 Å². The van der Waals surface area contributed by atoms with Gasteiger partial charge in [0.05, 0.1) is 25.2 Å². The van der Waals surface area contributed by atoms with Crippen LogP contribution in [0.25, 0.3) is 0 Å². The van der Waals surface area contributed by atoms with Gasteiger partial charge in [0, 0.05) is 6.42 Å². The zero-order valence-corrected chi connectivity index (χ0v) is 40.0. The van der Waals surface area contributed by atoms with Crippen LogP contribution in [0.15, 0.2) is 72.9 Å². The summed E-state index contributed by atoms with van der Waals surface area (Å²) in [6.07, 6.45) is 61.0. The van der Waals surface area contributed by atoms with Crippen molar-refractivity contribution >= 4 is 11.9 Å². The smallest absolute Gasteiger partial charge is 0.306 e. The monoisotopic (exact) mass is 852 g/mol. The molecule has 0 saturated heterocycles. The number of unbranched alkanes of at least 4 members (excludes halogenated alkanes) is 23. The molecule has 0 radical (unpaired) electrons. The van der Waals surface area contributed by atoms with Crippen molar-refractivity contribution in [2.24, 2.45) is 0 Å². The number of rotatable bonds is 45. The van der Waals surface area contributed by atoms with E-state index in [2.05, 4.69) is 99.0 Å². The van der Waals surface area contributed by atoms with E-state index in [0.717, 1.165) is 96.3 Å². The van der Waals surface area contributed by atoms with Crippen molar-refractivity contribution in [3.63, 3.8) is 0 Å². The standard InChI is InChI=1S/C55H97NO5/c1-4-7-10-13-16-19-22-25-27-29-31-34-37-40-43-46-51(61-55(60)48-45-42-39-36-33-28-24-21-18-15-12-9-6-3)49-54(59)56-52(50-57)53(58)47-44-41-38-35-32-30-26-23-20-17-14-11-8-5-2/h9,12,15-16,18-19,21,24-25,27,31,34,51-53,57-58H,4-8,10-11,13-14,17,20,22-23,26,28-30,32-33,35-50H2,1-3H3,(H,56,59)/b12-9+,18-15+,19-16-,24-21-,27-25-,34-31-. The van der Waals surface area contributed by atoms with Crippen molar-refractivity contribution in [2.75, 3.05) is 6.61 Å².